The molecule has 0 amide bonds. The fourth-order valence-corrected chi connectivity index (χ4v) is 14.7. The van der Waals surface area contributed by atoms with Crippen LogP contribution < -0.4 is 0 Å². The van der Waals surface area contributed by atoms with Crippen LogP contribution in [0, 0.1) is 64.1 Å². The van der Waals surface area contributed by atoms with Crippen LogP contribution in [-0.2, 0) is 42.9 Å². The molecule has 1 heterocycles. The first-order chi connectivity index (χ1) is 25.1. The van der Waals surface area contributed by atoms with Crippen LogP contribution in [0.1, 0.15) is 96.3 Å². The Balaban J connectivity index is 0.880. The number of alkyl halides is 2. The van der Waals surface area contributed by atoms with Crippen molar-refractivity contribution in [3.63, 3.8) is 0 Å². The molecule has 1 saturated heterocycles. The van der Waals surface area contributed by atoms with Gasteiger partial charge in [-0.1, -0.05) is 5.87 Å². The molecule has 0 radical (unpaired) electrons. The Kier molecular flexibility index (Phi) is 7.86. The normalized spacial score (nSPS) is 51.6. The molecule has 12 aliphatic carbocycles. The molecule has 0 aromatic carbocycles. The monoisotopic (exact) mass is 763 g/mol. The summed E-state index contributed by atoms with van der Waals surface area (Å²) >= 11 is 0. The predicted molar refractivity (Wildman–Crippen MR) is 180 cm³/mol. The fraction of sp³-hybridized carbons (Fsp3) is 0.872. The number of carbonyl (C=O) groups excluding carboxylic acids is 4. The van der Waals surface area contributed by atoms with Crippen LogP contribution in [0.4, 0.5) is 8.78 Å². The maximum absolute atomic E-state index is 14.4. The number of rotatable bonds is 9. The van der Waals surface area contributed by atoms with E-state index in [9.17, 15) is 37.6 Å². The first-order valence-electron chi connectivity index (χ1n) is 19.9. The molecule has 14 heteroatoms. The van der Waals surface area contributed by atoms with E-state index in [0.717, 1.165) is 32.1 Å². The molecular formula is C39H49F2O11S-. The van der Waals surface area contributed by atoms with Crippen molar-refractivity contribution < 1.29 is 61.3 Å². The number of carbonyl (C=O) groups is 4. The molecular weight excluding hydrogens is 714 g/mol. The molecule has 11 nitrogen and oxygen atoms in total. The quantitative estimate of drug-likeness (QED) is 0.198. The molecule has 1 N–H and O–H groups in total. The standard InChI is InChI=1S/C39H49F2O11S/c1-53(47)39(40,41)34(46)52-37-10-21-6-26(15-37)38(27(7-21)16-37)50-28(17-48-32(44)35-8-19-2-22(11-35)30(42)23(3-19)12-35)29(51-38)18-49-33(45)36-9-20-4-24(13-36)31(43)25(5-20)14-36/h19-30,42H,1-18H2/q-1. The summed E-state index contributed by atoms with van der Waals surface area (Å²) in [6, 6.07) is 0. The van der Waals surface area contributed by atoms with E-state index >= 15 is 0 Å². The number of aliphatic hydroxyl groups is 1. The number of Topliss-reactive ketones (excluding diaryl/α,β-unsaturated/α-hetero) is 1. The maximum Gasteiger partial charge on any atom is 0.387 e. The van der Waals surface area contributed by atoms with Gasteiger partial charge in [-0.2, -0.15) is 8.78 Å². The van der Waals surface area contributed by atoms with Gasteiger partial charge in [-0.15, -0.1) is 0 Å². The second kappa shape index (κ2) is 11.8. The number of ketones is 1. The Morgan fingerprint density at radius 2 is 1.26 bits per heavy atom. The SMILES string of the molecule is C=S([O-])C(F)(F)C(=O)OC12CC3CC(C1)C1(OC(COC(=O)C45CC6CC(C4)C(=O)C(C6)C5)C(COC(=O)C45CC6CC(C4)C(O)C(C6)C5)O1)C(C3)C2. The summed E-state index contributed by atoms with van der Waals surface area (Å²) < 4.78 is 71.9. The Labute approximate surface area is 309 Å². The summed E-state index contributed by atoms with van der Waals surface area (Å²) in [5.41, 5.74) is -2.51. The molecule has 13 aliphatic rings. The molecule has 292 valence electrons. The van der Waals surface area contributed by atoms with Crippen molar-refractivity contribution in [3.8, 4) is 0 Å². The summed E-state index contributed by atoms with van der Waals surface area (Å²) in [5, 5.41) is 6.55. The third-order valence-electron chi connectivity index (χ3n) is 16.0. The maximum atomic E-state index is 14.4. The number of ether oxygens (including phenoxy) is 5. The lowest BCUT2D eigenvalue weighted by molar-refractivity contribution is -0.326. The third kappa shape index (κ3) is 5.26. The topological polar surface area (TPSA) is 158 Å². The largest absolute Gasteiger partial charge is 0.799 e. The first kappa shape index (κ1) is 35.4. The van der Waals surface area contributed by atoms with E-state index in [1.54, 1.807) is 0 Å². The van der Waals surface area contributed by atoms with Gasteiger partial charge in [0, 0.05) is 23.7 Å². The van der Waals surface area contributed by atoms with Crippen LogP contribution in [0.5, 0.6) is 0 Å². The van der Waals surface area contributed by atoms with Gasteiger partial charge in [0.1, 0.15) is 36.8 Å². The van der Waals surface area contributed by atoms with E-state index in [-0.39, 0.29) is 91.3 Å². The minimum atomic E-state index is -4.23. The van der Waals surface area contributed by atoms with Gasteiger partial charge in [0.2, 0.25) is 0 Å². The van der Waals surface area contributed by atoms with Crippen molar-refractivity contribution in [1.29, 1.82) is 0 Å². The van der Waals surface area contributed by atoms with Gasteiger partial charge in [-0.05, 0) is 126 Å². The minimum absolute atomic E-state index is 0.0791. The van der Waals surface area contributed by atoms with Crippen LogP contribution in [0.2, 0.25) is 0 Å². The van der Waals surface area contributed by atoms with Gasteiger partial charge >= 0.3 is 23.2 Å². The summed E-state index contributed by atoms with van der Waals surface area (Å²) in [7, 11) is -2.98. The lowest BCUT2D eigenvalue weighted by Crippen LogP contribution is -2.65. The molecule has 1 aliphatic heterocycles. The van der Waals surface area contributed by atoms with Crippen molar-refractivity contribution in [2.24, 2.45) is 64.1 Å². The van der Waals surface area contributed by atoms with Crippen molar-refractivity contribution in [2.45, 2.75) is 131 Å². The highest BCUT2D eigenvalue weighted by Crippen LogP contribution is 2.66. The molecule has 12 bridgehead atoms. The number of hydrogen-bond acceptors (Lipinski definition) is 11. The molecule has 0 aromatic heterocycles. The molecule has 0 aromatic rings. The number of esters is 3. The van der Waals surface area contributed by atoms with Crippen LogP contribution in [0.15, 0.2) is 0 Å². The highest BCUT2D eigenvalue weighted by atomic mass is 32.2. The van der Waals surface area contributed by atoms with Gasteiger partial charge in [0.25, 0.3) is 0 Å². The Morgan fingerprint density at radius 1 is 0.774 bits per heavy atom. The van der Waals surface area contributed by atoms with Crippen LogP contribution in [0.3, 0.4) is 0 Å². The van der Waals surface area contributed by atoms with E-state index in [1.165, 1.54) is 0 Å². The molecule has 13 rings (SSSR count). The average Bonchev–Trinajstić information content (AvgIpc) is 3.47. The molecule has 1 spiro atoms. The number of halogens is 2. The molecule has 53 heavy (non-hydrogen) atoms. The molecule has 9 atom stereocenters. The molecule has 13 fully saturated rings. The second-order valence-electron chi connectivity index (χ2n) is 19.3. The fourth-order valence-electron chi connectivity index (χ4n) is 14.5. The van der Waals surface area contributed by atoms with Crippen molar-refractivity contribution in [3.05, 3.63) is 0 Å². The van der Waals surface area contributed by atoms with E-state index < -0.39 is 56.4 Å². The van der Waals surface area contributed by atoms with Crippen molar-refractivity contribution >= 4 is 40.3 Å². The minimum Gasteiger partial charge on any atom is -0.799 e. The highest BCUT2D eigenvalue weighted by molar-refractivity contribution is 8.10. The smallest absolute Gasteiger partial charge is 0.387 e. The predicted octanol–water partition coefficient (Wildman–Crippen LogP) is 4.68. The average molecular weight is 764 g/mol. The first-order valence-corrected chi connectivity index (χ1v) is 21.2. The Morgan fingerprint density at radius 3 is 1.79 bits per heavy atom. The van der Waals surface area contributed by atoms with Gasteiger partial charge < -0.3 is 33.3 Å². The summed E-state index contributed by atoms with van der Waals surface area (Å²) in [4.78, 5) is 53.3. The van der Waals surface area contributed by atoms with Crippen LogP contribution in [-0.4, -0.2) is 87.4 Å². The van der Waals surface area contributed by atoms with E-state index in [4.69, 9.17) is 23.7 Å². The van der Waals surface area contributed by atoms with Gasteiger partial charge in [-0.3, -0.25) is 14.4 Å². The second-order valence-corrected chi connectivity index (χ2v) is 20.5. The third-order valence-corrected chi connectivity index (χ3v) is 16.8. The van der Waals surface area contributed by atoms with Crippen molar-refractivity contribution in [2.75, 3.05) is 13.2 Å². The van der Waals surface area contributed by atoms with Crippen LogP contribution in [0.25, 0.3) is 0 Å². The van der Waals surface area contributed by atoms with Gasteiger partial charge in [0.05, 0.1) is 16.9 Å². The number of hydrogen-bond donors (Lipinski definition) is 1. The van der Waals surface area contributed by atoms with Gasteiger partial charge in [0.15, 0.2) is 5.79 Å². The lowest BCUT2D eigenvalue weighted by atomic mass is 9.48. The molecule has 12 saturated carbocycles. The Hall–Kier alpha value is -2.00. The zero-order chi connectivity index (χ0) is 36.9. The van der Waals surface area contributed by atoms with E-state index in [0.29, 0.717) is 63.2 Å². The Bertz CT molecular complexity index is 1600. The van der Waals surface area contributed by atoms with E-state index in [2.05, 4.69) is 5.87 Å². The zero-order valence-corrected chi connectivity index (χ0v) is 30.7. The summed E-state index contributed by atoms with van der Waals surface area (Å²) in [6.45, 7) is -0.254. The zero-order valence-electron chi connectivity index (χ0n) is 29.8. The molecule has 9 unspecified atom stereocenters. The highest BCUT2D eigenvalue weighted by Gasteiger charge is 2.70. The van der Waals surface area contributed by atoms with Gasteiger partial charge in [-0.25, -0.2) is 15.6 Å². The van der Waals surface area contributed by atoms with E-state index in [1.807, 2.05) is 0 Å². The summed E-state index contributed by atoms with van der Waals surface area (Å²) in [5.74, 6) is -0.352. The number of aliphatic hydroxyl groups excluding tert-OH is 1. The lowest BCUT2D eigenvalue weighted by Gasteiger charge is -2.62. The van der Waals surface area contributed by atoms with Crippen LogP contribution >= 0.6 is 10.8 Å². The summed E-state index contributed by atoms with van der Waals surface area (Å²) in [6.07, 6.45) is 7.46. The van der Waals surface area contributed by atoms with Crippen molar-refractivity contribution in [1.82, 2.24) is 0 Å².